The highest BCUT2D eigenvalue weighted by Gasteiger charge is 2.11. The number of amides is 2. The lowest BCUT2D eigenvalue weighted by Gasteiger charge is -2.08. The molecule has 0 fully saturated rings. The second kappa shape index (κ2) is 6.23. The zero-order chi connectivity index (χ0) is 16.6. The molecule has 118 valence electrons. The predicted molar refractivity (Wildman–Crippen MR) is 94.1 cm³/mol. The Morgan fingerprint density at radius 1 is 1.26 bits per heavy atom. The van der Waals surface area contributed by atoms with Crippen LogP contribution in [0.5, 0.6) is 10.9 Å². The van der Waals surface area contributed by atoms with Crippen molar-refractivity contribution in [2.75, 3.05) is 5.32 Å². The van der Waals surface area contributed by atoms with Crippen LogP contribution in [0.3, 0.4) is 0 Å². The number of aromatic nitrogens is 1. The molecule has 5 nitrogen and oxygen atoms in total. The average Bonchev–Trinajstić information content (AvgIpc) is 2.83. The molecule has 0 bridgehead atoms. The standard InChI is InChI=1S/C15H11Cl2N3O2S/c1-7-4-8(19-14(18)21)2-3-12(7)22-15-20-11-5-9(16)10(17)6-13(11)23-15/h2-6H,1H3,(H3,18,19,21). The predicted octanol–water partition coefficient (Wildman–Crippen LogP) is 5.19. The first-order valence-corrected chi connectivity index (χ1v) is 8.10. The number of nitrogens with zero attached hydrogens (tertiary/aromatic N) is 1. The van der Waals surface area contributed by atoms with Gasteiger partial charge in [0.15, 0.2) is 0 Å². The van der Waals surface area contributed by atoms with Gasteiger partial charge in [-0.1, -0.05) is 34.5 Å². The molecule has 2 aromatic carbocycles. The van der Waals surface area contributed by atoms with Gasteiger partial charge in [-0.3, -0.25) is 0 Å². The Hall–Kier alpha value is -2.02. The smallest absolute Gasteiger partial charge is 0.316 e. The number of nitrogens with two attached hydrogens (primary N) is 1. The van der Waals surface area contributed by atoms with Gasteiger partial charge in [-0.25, -0.2) is 9.78 Å². The van der Waals surface area contributed by atoms with E-state index in [-0.39, 0.29) is 0 Å². The molecule has 1 heterocycles. The minimum atomic E-state index is -0.613. The lowest BCUT2D eigenvalue weighted by atomic mass is 10.2. The maximum atomic E-state index is 10.9. The van der Waals surface area contributed by atoms with Crippen molar-refractivity contribution < 1.29 is 9.53 Å². The van der Waals surface area contributed by atoms with Gasteiger partial charge in [-0.15, -0.1) is 0 Å². The first-order valence-electron chi connectivity index (χ1n) is 6.53. The van der Waals surface area contributed by atoms with E-state index in [0.29, 0.717) is 26.7 Å². The van der Waals surface area contributed by atoms with E-state index in [0.717, 1.165) is 15.8 Å². The number of carbonyl (C=O) groups is 1. The van der Waals surface area contributed by atoms with E-state index >= 15 is 0 Å². The molecule has 0 aliphatic heterocycles. The van der Waals surface area contributed by atoms with Crippen molar-refractivity contribution in [1.29, 1.82) is 0 Å². The first-order chi connectivity index (χ1) is 10.9. The van der Waals surface area contributed by atoms with Gasteiger partial charge in [-0.2, -0.15) is 0 Å². The summed E-state index contributed by atoms with van der Waals surface area (Å²) in [6.45, 7) is 1.86. The van der Waals surface area contributed by atoms with Gasteiger partial charge < -0.3 is 15.8 Å². The van der Waals surface area contributed by atoms with Crippen molar-refractivity contribution in [1.82, 2.24) is 4.98 Å². The molecular formula is C15H11Cl2N3O2S. The normalized spacial score (nSPS) is 10.7. The number of hydrogen-bond acceptors (Lipinski definition) is 4. The zero-order valence-corrected chi connectivity index (χ0v) is 14.2. The van der Waals surface area contributed by atoms with Gasteiger partial charge in [0, 0.05) is 5.69 Å². The molecule has 0 radical (unpaired) electrons. The second-order valence-corrected chi connectivity index (χ2v) is 6.59. The molecule has 2 amide bonds. The van der Waals surface area contributed by atoms with Crippen molar-refractivity contribution in [3.8, 4) is 10.9 Å². The molecule has 23 heavy (non-hydrogen) atoms. The molecule has 0 atom stereocenters. The van der Waals surface area contributed by atoms with E-state index < -0.39 is 6.03 Å². The summed E-state index contributed by atoms with van der Waals surface area (Å²) in [5.74, 6) is 0.635. The molecule has 0 saturated heterocycles. The Balaban J connectivity index is 1.88. The number of anilines is 1. The van der Waals surface area contributed by atoms with Gasteiger partial charge in [0.2, 0.25) is 0 Å². The molecule has 0 aliphatic carbocycles. The lowest BCUT2D eigenvalue weighted by molar-refractivity contribution is 0.259. The number of halogens is 2. The summed E-state index contributed by atoms with van der Waals surface area (Å²) in [4.78, 5) is 15.2. The number of aryl methyl sites for hydroxylation is 1. The van der Waals surface area contributed by atoms with E-state index in [4.69, 9.17) is 33.7 Å². The summed E-state index contributed by atoms with van der Waals surface area (Å²) in [7, 11) is 0. The topological polar surface area (TPSA) is 77.2 Å². The largest absolute Gasteiger partial charge is 0.431 e. The number of hydrogen-bond donors (Lipinski definition) is 2. The van der Waals surface area contributed by atoms with Crippen molar-refractivity contribution >= 4 is 56.5 Å². The molecular weight excluding hydrogens is 357 g/mol. The molecule has 0 unspecified atom stereocenters. The third-order valence-electron chi connectivity index (χ3n) is 3.05. The van der Waals surface area contributed by atoms with Crippen LogP contribution in [0.4, 0.5) is 10.5 Å². The van der Waals surface area contributed by atoms with Crippen LogP contribution in [0.1, 0.15) is 5.56 Å². The van der Waals surface area contributed by atoms with Crippen LogP contribution in [-0.4, -0.2) is 11.0 Å². The fourth-order valence-electron chi connectivity index (χ4n) is 2.02. The van der Waals surface area contributed by atoms with Gasteiger partial charge in [0.1, 0.15) is 5.75 Å². The molecule has 8 heteroatoms. The van der Waals surface area contributed by atoms with Gasteiger partial charge >= 0.3 is 6.03 Å². The molecule has 0 saturated carbocycles. The maximum Gasteiger partial charge on any atom is 0.316 e. The number of rotatable bonds is 3. The number of benzene rings is 2. The Kier molecular flexibility index (Phi) is 4.30. The van der Waals surface area contributed by atoms with Crippen LogP contribution in [-0.2, 0) is 0 Å². The fourth-order valence-corrected chi connectivity index (χ4v) is 3.26. The molecule has 3 N–H and O–H groups in total. The summed E-state index contributed by atoms with van der Waals surface area (Å²) in [6.07, 6.45) is 0. The van der Waals surface area contributed by atoms with Gasteiger partial charge in [0.05, 0.1) is 20.3 Å². The van der Waals surface area contributed by atoms with E-state index in [1.54, 1.807) is 30.3 Å². The molecule has 3 rings (SSSR count). The number of fused-ring (bicyclic) bond motifs is 1. The number of primary amides is 1. The summed E-state index contributed by atoms with van der Waals surface area (Å²) in [5.41, 5.74) is 7.26. The van der Waals surface area contributed by atoms with Crippen LogP contribution >= 0.6 is 34.5 Å². The third kappa shape index (κ3) is 3.50. The van der Waals surface area contributed by atoms with E-state index in [1.807, 2.05) is 6.92 Å². The lowest BCUT2D eigenvalue weighted by Crippen LogP contribution is -2.19. The summed E-state index contributed by atoms with van der Waals surface area (Å²) >= 11 is 13.4. The fraction of sp³-hybridized carbons (Fsp3) is 0.0667. The van der Waals surface area contributed by atoms with Gasteiger partial charge in [-0.05, 0) is 42.8 Å². The number of ether oxygens (including phenoxy) is 1. The Labute approximate surface area is 146 Å². The van der Waals surface area contributed by atoms with Gasteiger partial charge in [0.25, 0.3) is 5.19 Å². The highest BCUT2D eigenvalue weighted by Crippen LogP contribution is 2.36. The minimum Gasteiger partial charge on any atom is -0.431 e. The van der Waals surface area contributed by atoms with E-state index in [2.05, 4.69) is 10.3 Å². The van der Waals surface area contributed by atoms with Crippen molar-refractivity contribution in [3.63, 3.8) is 0 Å². The summed E-state index contributed by atoms with van der Waals surface area (Å²) in [5, 5.41) is 3.93. The Morgan fingerprint density at radius 3 is 2.70 bits per heavy atom. The third-order valence-corrected chi connectivity index (χ3v) is 4.67. The van der Waals surface area contributed by atoms with Crippen LogP contribution in [0.15, 0.2) is 30.3 Å². The first kappa shape index (κ1) is 15.9. The number of urea groups is 1. The maximum absolute atomic E-state index is 10.9. The molecule has 1 aromatic heterocycles. The Morgan fingerprint density at radius 2 is 2.00 bits per heavy atom. The van der Waals surface area contributed by atoms with Crippen LogP contribution < -0.4 is 15.8 Å². The summed E-state index contributed by atoms with van der Waals surface area (Å²) < 4.78 is 6.70. The average molecular weight is 368 g/mol. The highest BCUT2D eigenvalue weighted by molar-refractivity contribution is 7.20. The monoisotopic (exact) mass is 367 g/mol. The van der Waals surface area contributed by atoms with Crippen molar-refractivity contribution in [2.45, 2.75) is 6.92 Å². The quantitative estimate of drug-likeness (QED) is 0.668. The summed E-state index contributed by atoms with van der Waals surface area (Å²) in [6, 6.07) is 8.06. The van der Waals surface area contributed by atoms with Crippen LogP contribution in [0.25, 0.3) is 10.2 Å². The van der Waals surface area contributed by atoms with Crippen molar-refractivity contribution in [2.24, 2.45) is 5.73 Å². The minimum absolute atomic E-state index is 0.453. The van der Waals surface area contributed by atoms with E-state index in [1.165, 1.54) is 11.3 Å². The van der Waals surface area contributed by atoms with Crippen molar-refractivity contribution in [3.05, 3.63) is 45.9 Å². The number of nitrogens with one attached hydrogen (secondary N) is 1. The molecule has 0 spiro atoms. The second-order valence-electron chi connectivity index (χ2n) is 4.79. The molecule has 3 aromatic rings. The number of carbonyl (C=O) groups excluding carboxylic acids is 1. The number of thiazole rings is 1. The highest BCUT2D eigenvalue weighted by atomic mass is 35.5. The van der Waals surface area contributed by atoms with Crippen LogP contribution in [0, 0.1) is 6.92 Å². The van der Waals surface area contributed by atoms with Crippen LogP contribution in [0.2, 0.25) is 10.0 Å². The Bertz CT molecular complexity index is 872. The molecule has 0 aliphatic rings. The zero-order valence-electron chi connectivity index (χ0n) is 11.9. The van der Waals surface area contributed by atoms with E-state index in [9.17, 15) is 4.79 Å². The SMILES string of the molecule is Cc1cc(NC(N)=O)ccc1Oc1nc2cc(Cl)c(Cl)cc2s1.